The molecule has 8 nitrogen and oxygen atoms in total. The van der Waals surface area contributed by atoms with E-state index in [1.54, 1.807) is 7.11 Å². The molecule has 0 radical (unpaired) electrons. The standard InChI is InChI=1S/C20H27N5O3S/c1-13-6-4-5-7-17(13)25-19(15-8-10-16(28-3)11-9-15)23-24-20(25)29-12-18(27)22-21-14(2)26/h8-11,13,17H,4-7,12H2,1-3H3,(H,21,26)(H,22,27)/t13-,17-/m1/s1. The maximum atomic E-state index is 12.0. The monoisotopic (exact) mass is 417 g/mol. The van der Waals surface area contributed by atoms with Crippen molar-refractivity contribution >= 4 is 23.6 Å². The molecule has 9 heteroatoms. The van der Waals surface area contributed by atoms with Crippen molar-refractivity contribution < 1.29 is 14.3 Å². The Labute approximate surface area is 174 Å². The van der Waals surface area contributed by atoms with Gasteiger partial charge in [-0.15, -0.1) is 10.2 Å². The summed E-state index contributed by atoms with van der Waals surface area (Å²) >= 11 is 1.33. The van der Waals surface area contributed by atoms with E-state index in [2.05, 4.69) is 32.5 Å². The van der Waals surface area contributed by atoms with Crippen molar-refractivity contribution in [3.8, 4) is 17.1 Å². The largest absolute Gasteiger partial charge is 0.497 e. The molecular weight excluding hydrogens is 390 g/mol. The van der Waals surface area contributed by atoms with Gasteiger partial charge in [0.15, 0.2) is 11.0 Å². The molecule has 1 fully saturated rings. The van der Waals surface area contributed by atoms with Crippen molar-refractivity contribution in [2.75, 3.05) is 12.9 Å². The first-order valence-corrected chi connectivity index (χ1v) is 10.8. The quantitative estimate of drug-likeness (QED) is 0.554. The van der Waals surface area contributed by atoms with Crippen LogP contribution in [-0.2, 0) is 9.59 Å². The molecule has 0 aliphatic heterocycles. The zero-order valence-electron chi connectivity index (χ0n) is 17.0. The first kappa shape index (κ1) is 21.2. The third-order valence-electron chi connectivity index (χ3n) is 5.12. The van der Waals surface area contributed by atoms with Crippen LogP contribution in [0.5, 0.6) is 5.75 Å². The minimum atomic E-state index is -0.315. The summed E-state index contributed by atoms with van der Waals surface area (Å²) in [5.41, 5.74) is 5.65. The summed E-state index contributed by atoms with van der Waals surface area (Å²) in [6.07, 6.45) is 4.63. The molecular formula is C20H27N5O3S. The normalized spacial score (nSPS) is 18.9. The number of carbonyl (C=O) groups excluding carboxylic acids is 2. The lowest BCUT2D eigenvalue weighted by Gasteiger charge is -2.31. The van der Waals surface area contributed by atoms with E-state index in [0.717, 1.165) is 30.0 Å². The fourth-order valence-corrected chi connectivity index (χ4v) is 4.41. The molecule has 0 bridgehead atoms. The maximum Gasteiger partial charge on any atom is 0.248 e. The van der Waals surface area contributed by atoms with E-state index in [1.165, 1.54) is 31.5 Å². The van der Waals surface area contributed by atoms with Crippen LogP contribution < -0.4 is 15.6 Å². The number of hydrazine groups is 1. The number of hydrogen-bond donors (Lipinski definition) is 2. The highest BCUT2D eigenvalue weighted by atomic mass is 32.2. The van der Waals surface area contributed by atoms with Crippen molar-refractivity contribution in [1.29, 1.82) is 0 Å². The fraction of sp³-hybridized carbons (Fsp3) is 0.500. The topological polar surface area (TPSA) is 98.1 Å². The number of nitrogens with one attached hydrogen (secondary N) is 2. The van der Waals surface area contributed by atoms with Crippen molar-refractivity contribution in [2.24, 2.45) is 5.92 Å². The molecule has 0 spiro atoms. The number of benzene rings is 1. The summed E-state index contributed by atoms with van der Waals surface area (Å²) in [7, 11) is 1.64. The van der Waals surface area contributed by atoms with E-state index in [1.807, 2.05) is 24.3 Å². The van der Waals surface area contributed by atoms with Gasteiger partial charge in [-0.05, 0) is 43.0 Å². The van der Waals surface area contributed by atoms with Crippen LogP contribution in [-0.4, -0.2) is 39.4 Å². The summed E-state index contributed by atoms with van der Waals surface area (Å²) < 4.78 is 7.44. The predicted molar refractivity (Wildman–Crippen MR) is 111 cm³/mol. The van der Waals surface area contributed by atoms with Gasteiger partial charge in [0.2, 0.25) is 11.8 Å². The van der Waals surface area contributed by atoms with Crippen LogP contribution in [0, 0.1) is 5.92 Å². The van der Waals surface area contributed by atoms with Gasteiger partial charge in [-0.2, -0.15) is 0 Å². The second-order valence-electron chi connectivity index (χ2n) is 7.25. The Kier molecular flexibility index (Phi) is 7.13. The highest BCUT2D eigenvalue weighted by Crippen LogP contribution is 2.39. The second-order valence-corrected chi connectivity index (χ2v) is 8.19. The van der Waals surface area contributed by atoms with Gasteiger partial charge in [0, 0.05) is 18.5 Å². The molecule has 3 rings (SSSR count). The minimum Gasteiger partial charge on any atom is -0.497 e. The molecule has 29 heavy (non-hydrogen) atoms. The van der Waals surface area contributed by atoms with Gasteiger partial charge >= 0.3 is 0 Å². The lowest BCUT2D eigenvalue weighted by Crippen LogP contribution is -2.41. The van der Waals surface area contributed by atoms with Crippen LogP contribution in [0.2, 0.25) is 0 Å². The Morgan fingerprint density at radius 3 is 2.55 bits per heavy atom. The molecule has 1 aromatic heterocycles. The van der Waals surface area contributed by atoms with E-state index in [4.69, 9.17) is 4.74 Å². The number of methoxy groups -OCH3 is 1. The van der Waals surface area contributed by atoms with Gasteiger partial charge < -0.3 is 4.74 Å². The Hall–Kier alpha value is -2.55. The van der Waals surface area contributed by atoms with E-state index >= 15 is 0 Å². The van der Waals surface area contributed by atoms with E-state index < -0.39 is 0 Å². The lowest BCUT2D eigenvalue weighted by molar-refractivity contribution is -0.126. The summed E-state index contributed by atoms with van der Waals surface area (Å²) in [6, 6.07) is 8.06. The smallest absolute Gasteiger partial charge is 0.248 e. The van der Waals surface area contributed by atoms with Gasteiger partial charge in [0.1, 0.15) is 5.75 Å². The maximum absolute atomic E-state index is 12.0. The van der Waals surface area contributed by atoms with Gasteiger partial charge in [-0.3, -0.25) is 25.0 Å². The van der Waals surface area contributed by atoms with Crippen molar-refractivity contribution in [1.82, 2.24) is 25.6 Å². The fourth-order valence-electron chi connectivity index (χ4n) is 3.62. The molecule has 2 aromatic rings. The molecule has 1 saturated carbocycles. The minimum absolute atomic E-state index is 0.141. The van der Waals surface area contributed by atoms with Crippen molar-refractivity contribution in [3.05, 3.63) is 24.3 Å². The van der Waals surface area contributed by atoms with Crippen LogP contribution in [0.4, 0.5) is 0 Å². The third-order valence-corrected chi connectivity index (χ3v) is 6.06. The van der Waals surface area contributed by atoms with E-state index in [-0.39, 0.29) is 23.6 Å². The molecule has 2 amide bonds. The molecule has 1 aromatic carbocycles. The van der Waals surface area contributed by atoms with Gasteiger partial charge in [0.25, 0.3) is 0 Å². The van der Waals surface area contributed by atoms with Crippen LogP contribution in [0.25, 0.3) is 11.4 Å². The average Bonchev–Trinajstić information content (AvgIpc) is 3.14. The molecule has 0 unspecified atom stereocenters. The highest BCUT2D eigenvalue weighted by molar-refractivity contribution is 7.99. The number of carbonyl (C=O) groups is 2. The summed E-state index contributed by atoms with van der Waals surface area (Å²) in [5.74, 6) is 1.63. The number of thioether (sulfide) groups is 1. The van der Waals surface area contributed by atoms with Crippen LogP contribution in [0.3, 0.4) is 0 Å². The van der Waals surface area contributed by atoms with Gasteiger partial charge in [-0.25, -0.2) is 0 Å². The number of hydrogen-bond acceptors (Lipinski definition) is 6. The number of amides is 2. The molecule has 1 aliphatic rings. The second kappa shape index (κ2) is 9.78. The Morgan fingerprint density at radius 2 is 1.90 bits per heavy atom. The van der Waals surface area contributed by atoms with Crippen LogP contribution in [0.15, 0.2) is 29.4 Å². The zero-order valence-corrected chi connectivity index (χ0v) is 17.8. The van der Waals surface area contributed by atoms with Crippen molar-refractivity contribution in [2.45, 2.75) is 50.7 Å². The number of aromatic nitrogens is 3. The Bertz CT molecular complexity index is 852. The summed E-state index contributed by atoms with van der Waals surface area (Å²) in [4.78, 5) is 23.0. The molecule has 0 saturated heterocycles. The SMILES string of the molecule is COc1ccc(-c2nnc(SCC(=O)NNC(C)=O)n2[C@@H]2CCCC[C@H]2C)cc1. The van der Waals surface area contributed by atoms with Crippen molar-refractivity contribution in [3.63, 3.8) is 0 Å². The molecule has 2 N–H and O–H groups in total. The number of nitrogens with zero attached hydrogens (tertiary/aromatic N) is 3. The Morgan fingerprint density at radius 1 is 1.17 bits per heavy atom. The van der Waals surface area contributed by atoms with Crippen LogP contribution >= 0.6 is 11.8 Å². The average molecular weight is 418 g/mol. The lowest BCUT2D eigenvalue weighted by atomic mass is 9.85. The molecule has 1 aliphatic carbocycles. The molecule has 1 heterocycles. The first-order valence-electron chi connectivity index (χ1n) is 9.77. The van der Waals surface area contributed by atoms with E-state index in [0.29, 0.717) is 11.1 Å². The van der Waals surface area contributed by atoms with Crippen LogP contribution in [0.1, 0.15) is 45.6 Å². The van der Waals surface area contributed by atoms with E-state index in [9.17, 15) is 9.59 Å². The van der Waals surface area contributed by atoms with Gasteiger partial charge in [0.05, 0.1) is 12.9 Å². The number of rotatable bonds is 6. The summed E-state index contributed by atoms with van der Waals surface area (Å²) in [5, 5.41) is 9.56. The highest BCUT2D eigenvalue weighted by Gasteiger charge is 2.29. The Balaban J connectivity index is 1.86. The summed E-state index contributed by atoms with van der Waals surface area (Å²) in [6.45, 7) is 3.61. The first-order chi connectivity index (χ1) is 14.0. The van der Waals surface area contributed by atoms with Gasteiger partial charge in [-0.1, -0.05) is 31.5 Å². The zero-order chi connectivity index (χ0) is 20.8. The third kappa shape index (κ3) is 5.29. The number of ether oxygens (including phenoxy) is 1. The molecule has 2 atom stereocenters. The molecule has 156 valence electrons. The predicted octanol–water partition coefficient (Wildman–Crippen LogP) is 2.96.